The maximum absolute atomic E-state index is 12.4. The third kappa shape index (κ3) is 6.20. The van der Waals surface area contributed by atoms with Gasteiger partial charge in [0.25, 0.3) is 0 Å². The number of nitrogens with zero attached hydrogens (tertiary/aromatic N) is 2. The summed E-state index contributed by atoms with van der Waals surface area (Å²) in [7, 11) is 0. The van der Waals surface area contributed by atoms with Crippen LogP contribution in [0.5, 0.6) is 0 Å². The Morgan fingerprint density at radius 3 is 2.58 bits per heavy atom. The smallest absolute Gasteiger partial charge is 0.317 e. The Morgan fingerprint density at radius 2 is 1.88 bits per heavy atom. The standard InChI is InChI=1S/C17H33N3O4/c21-10-8-19(9-12-24-13-11-22)17(23)18-15-6-7-20(14-15)16-4-2-1-3-5-16/h15-16,21-22H,1-14H2,(H,18,23). The van der Waals surface area contributed by atoms with E-state index in [1.807, 2.05) is 0 Å². The van der Waals surface area contributed by atoms with Crippen molar-refractivity contribution in [3.8, 4) is 0 Å². The lowest BCUT2D eigenvalue weighted by molar-refractivity contribution is 0.0752. The van der Waals surface area contributed by atoms with Crippen LogP contribution in [0.1, 0.15) is 38.5 Å². The molecule has 0 aromatic heterocycles. The number of rotatable bonds is 9. The first-order valence-corrected chi connectivity index (χ1v) is 9.33. The van der Waals surface area contributed by atoms with Crippen LogP contribution in [0.4, 0.5) is 4.79 Å². The monoisotopic (exact) mass is 343 g/mol. The van der Waals surface area contributed by atoms with Crippen molar-refractivity contribution in [1.29, 1.82) is 0 Å². The number of carbonyl (C=O) groups excluding carboxylic acids is 1. The van der Waals surface area contributed by atoms with Gasteiger partial charge in [0.2, 0.25) is 0 Å². The van der Waals surface area contributed by atoms with Crippen LogP contribution in [-0.4, -0.2) is 90.7 Å². The topological polar surface area (TPSA) is 85.3 Å². The Morgan fingerprint density at radius 1 is 1.08 bits per heavy atom. The molecule has 1 heterocycles. The largest absolute Gasteiger partial charge is 0.395 e. The van der Waals surface area contributed by atoms with E-state index in [1.165, 1.54) is 32.1 Å². The fourth-order valence-electron chi connectivity index (χ4n) is 3.73. The van der Waals surface area contributed by atoms with Gasteiger partial charge in [-0.3, -0.25) is 4.90 Å². The molecule has 1 aliphatic carbocycles. The summed E-state index contributed by atoms with van der Waals surface area (Å²) in [4.78, 5) is 16.5. The van der Waals surface area contributed by atoms with Crippen LogP contribution >= 0.6 is 0 Å². The Labute approximate surface area is 144 Å². The first kappa shape index (κ1) is 19.4. The van der Waals surface area contributed by atoms with Crippen molar-refractivity contribution in [3.05, 3.63) is 0 Å². The van der Waals surface area contributed by atoms with Crippen LogP contribution in [-0.2, 0) is 4.74 Å². The van der Waals surface area contributed by atoms with Crippen LogP contribution < -0.4 is 5.32 Å². The highest BCUT2D eigenvalue weighted by atomic mass is 16.5. The number of likely N-dealkylation sites (tertiary alicyclic amines) is 1. The number of urea groups is 1. The Bertz CT molecular complexity index is 364. The maximum Gasteiger partial charge on any atom is 0.317 e. The normalized spacial score (nSPS) is 22.7. The highest BCUT2D eigenvalue weighted by Gasteiger charge is 2.30. The van der Waals surface area contributed by atoms with E-state index in [2.05, 4.69) is 10.2 Å². The molecule has 7 heteroatoms. The summed E-state index contributed by atoms with van der Waals surface area (Å²) in [6.07, 6.45) is 7.60. The second-order valence-corrected chi connectivity index (χ2v) is 6.77. The quantitative estimate of drug-likeness (QED) is 0.528. The molecule has 1 saturated heterocycles. The molecule has 3 N–H and O–H groups in total. The molecule has 0 aromatic carbocycles. The van der Waals surface area contributed by atoms with E-state index in [4.69, 9.17) is 14.9 Å². The molecule has 1 unspecified atom stereocenters. The molecule has 0 spiro atoms. The minimum absolute atomic E-state index is 0.0225. The Kier molecular flexibility index (Phi) is 8.80. The lowest BCUT2D eigenvalue weighted by Crippen LogP contribution is -2.48. The van der Waals surface area contributed by atoms with E-state index in [1.54, 1.807) is 4.90 Å². The molecular weight excluding hydrogens is 310 g/mol. The molecule has 2 fully saturated rings. The molecule has 1 atom stereocenters. The molecule has 0 radical (unpaired) electrons. The predicted octanol–water partition coefficient (Wildman–Crippen LogP) is 0.406. The van der Waals surface area contributed by atoms with Gasteiger partial charge in [0.1, 0.15) is 0 Å². The molecule has 140 valence electrons. The Hall–Kier alpha value is -0.890. The van der Waals surface area contributed by atoms with Gasteiger partial charge in [0, 0.05) is 38.3 Å². The van der Waals surface area contributed by atoms with Crippen molar-refractivity contribution in [2.45, 2.75) is 50.6 Å². The van der Waals surface area contributed by atoms with Gasteiger partial charge in [-0.05, 0) is 19.3 Å². The van der Waals surface area contributed by atoms with Crippen molar-refractivity contribution in [1.82, 2.24) is 15.1 Å². The number of aliphatic hydroxyl groups is 2. The molecule has 0 aromatic rings. The molecule has 1 saturated carbocycles. The van der Waals surface area contributed by atoms with Crippen molar-refractivity contribution in [2.24, 2.45) is 0 Å². The van der Waals surface area contributed by atoms with E-state index in [0.29, 0.717) is 25.7 Å². The summed E-state index contributed by atoms with van der Waals surface area (Å²) in [6.45, 7) is 3.27. The van der Waals surface area contributed by atoms with Crippen LogP contribution in [0.15, 0.2) is 0 Å². The molecule has 2 aliphatic rings. The second-order valence-electron chi connectivity index (χ2n) is 6.77. The minimum atomic E-state index is -0.132. The summed E-state index contributed by atoms with van der Waals surface area (Å²) in [6, 6.07) is 0.757. The summed E-state index contributed by atoms with van der Waals surface area (Å²) in [5.41, 5.74) is 0. The zero-order valence-electron chi connectivity index (χ0n) is 14.7. The van der Waals surface area contributed by atoms with Gasteiger partial charge in [-0.15, -0.1) is 0 Å². The fraction of sp³-hybridized carbons (Fsp3) is 0.941. The summed E-state index contributed by atoms with van der Waals surface area (Å²) >= 11 is 0. The van der Waals surface area contributed by atoms with Gasteiger partial charge < -0.3 is 25.2 Å². The number of nitrogens with one attached hydrogen (secondary N) is 1. The van der Waals surface area contributed by atoms with Crippen LogP contribution in [0, 0.1) is 0 Å². The van der Waals surface area contributed by atoms with E-state index in [0.717, 1.165) is 19.5 Å². The van der Waals surface area contributed by atoms with Crippen LogP contribution in [0.3, 0.4) is 0 Å². The highest BCUT2D eigenvalue weighted by molar-refractivity contribution is 5.74. The van der Waals surface area contributed by atoms with Crippen LogP contribution in [0.2, 0.25) is 0 Å². The van der Waals surface area contributed by atoms with Crippen molar-refractivity contribution in [3.63, 3.8) is 0 Å². The number of ether oxygens (including phenoxy) is 1. The van der Waals surface area contributed by atoms with E-state index in [9.17, 15) is 4.79 Å². The first-order chi connectivity index (χ1) is 11.7. The molecule has 7 nitrogen and oxygen atoms in total. The minimum Gasteiger partial charge on any atom is -0.395 e. The number of hydrogen-bond donors (Lipinski definition) is 3. The van der Waals surface area contributed by atoms with Crippen molar-refractivity contribution < 1.29 is 19.7 Å². The number of amides is 2. The lowest BCUT2D eigenvalue weighted by Gasteiger charge is -2.31. The number of hydrogen-bond acceptors (Lipinski definition) is 5. The third-order valence-electron chi connectivity index (χ3n) is 5.04. The van der Waals surface area contributed by atoms with E-state index in [-0.39, 0.29) is 31.9 Å². The SMILES string of the molecule is O=C(NC1CCN(C2CCCCC2)C1)N(CCO)CCOCCO. The third-order valence-corrected chi connectivity index (χ3v) is 5.04. The van der Waals surface area contributed by atoms with Crippen molar-refractivity contribution in [2.75, 3.05) is 52.6 Å². The van der Waals surface area contributed by atoms with Crippen molar-refractivity contribution >= 4 is 6.03 Å². The maximum atomic E-state index is 12.4. The van der Waals surface area contributed by atoms with Gasteiger partial charge in [-0.25, -0.2) is 4.79 Å². The number of carbonyl (C=O) groups is 1. The average Bonchev–Trinajstić information content (AvgIpc) is 3.07. The molecule has 24 heavy (non-hydrogen) atoms. The first-order valence-electron chi connectivity index (χ1n) is 9.33. The molecular formula is C17H33N3O4. The highest BCUT2D eigenvalue weighted by Crippen LogP contribution is 2.25. The fourth-order valence-corrected chi connectivity index (χ4v) is 3.73. The van der Waals surface area contributed by atoms with Crippen LogP contribution in [0.25, 0.3) is 0 Å². The van der Waals surface area contributed by atoms with E-state index >= 15 is 0 Å². The van der Waals surface area contributed by atoms with Gasteiger partial charge in [0.15, 0.2) is 0 Å². The van der Waals surface area contributed by atoms with Gasteiger partial charge >= 0.3 is 6.03 Å². The molecule has 0 bridgehead atoms. The summed E-state index contributed by atoms with van der Waals surface area (Å²) in [5, 5.41) is 21.0. The average molecular weight is 343 g/mol. The zero-order chi connectivity index (χ0) is 17.2. The van der Waals surface area contributed by atoms with Gasteiger partial charge in [-0.2, -0.15) is 0 Å². The zero-order valence-corrected chi connectivity index (χ0v) is 14.7. The number of aliphatic hydroxyl groups excluding tert-OH is 2. The molecule has 1 aliphatic heterocycles. The predicted molar refractivity (Wildman–Crippen MR) is 91.9 cm³/mol. The van der Waals surface area contributed by atoms with E-state index < -0.39 is 0 Å². The summed E-state index contributed by atoms with van der Waals surface area (Å²) < 4.78 is 5.21. The Balaban J connectivity index is 1.72. The van der Waals surface area contributed by atoms with Gasteiger partial charge in [0.05, 0.1) is 26.4 Å². The van der Waals surface area contributed by atoms with Gasteiger partial charge in [-0.1, -0.05) is 19.3 Å². The molecule has 2 amide bonds. The summed E-state index contributed by atoms with van der Waals surface area (Å²) in [5.74, 6) is 0. The second kappa shape index (κ2) is 10.9. The lowest BCUT2D eigenvalue weighted by atomic mass is 9.94. The molecule has 2 rings (SSSR count).